The molecule has 0 aromatic heterocycles. The molecule has 0 N–H and O–H groups in total. The Morgan fingerprint density at radius 2 is 1.93 bits per heavy atom. The number of nitrogens with zero attached hydrogens (tertiary/aromatic N) is 2. The van der Waals surface area contributed by atoms with E-state index in [0.717, 1.165) is 18.2 Å². The summed E-state index contributed by atoms with van der Waals surface area (Å²) in [5.41, 5.74) is 0. The minimum absolute atomic E-state index is 0.966. The Morgan fingerprint density at radius 3 is 2.50 bits per heavy atom. The highest BCUT2D eigenvalue weighted by molar-refractivity contribution is 7.80. The van der Waals surface area contributed by atoms with Gasteiger partial charge >= 0.3 is 0 Å². The summed E-state index contributed by atoms with van der Waals surface area (Å²) in [5.74, 6) is 1.94. The lowest BCUT2D eigenvalue weighted by Crippen LogP contribution is -2.32. The van der Waals surface area contributed by atoms with Gasteiger partial charge in [-0.25, -0.2) is 0 Å². The number of rotatable bonds is 5. The minimum Gasteiger partial charge on any atom is -0.306 e. The summed E-state index contributed by atoms with van der Waals surface area (Å²) in [7, 11) is 4.43. The zero-order valence-corrected chi connectivity index (χ0v) is 10.5. The van der Waals surface area contributed by atoms with Crippen LogP contribution < -0.4 is 0 Å². The zero-order chi connectivity index (χ0) is 10.4. The van der Waals surface area contributed by atoms with E-state index in [4.69, 9.17) is 0 Å². The second kappa shape index (κ2) is 6.70. The summed E-state index contributed by atoms with van der Waals surface area (Å²) in [4.78, 5) is 4.83. The summed E-state index contributed by atoms with van der Waals surface area (Å²) in [6, 6.07) is 0. The van der Waals surface area contributed by atoms with Gasteiger partial charge in [0.25, 0.3) is 0 Å². The first-order valence-corrected chi connectivity index (χ1v) is 6.33. The Labute approximate surface area is 94.1 Å². The van der Waals surface area contributed by atoms with Crippen molar-refractivity contribution in [3.8, 4) is 0 Å². The Hall–Kier alpha value is 0.270. The molecule has 1 fully saturated rings. The molecule has 0 bridgehead atoms. The fourth-order valence-electron chi connectivity index (χ4n) is 2.04. The van der Waals surface area contributed by atoms with Crippen LogP contribution in [-0.2, 0) is 0 Å². The second-order valence-corrected chi connectivity index (χ2v) is 5.01. The van der Waals surface area contributed by atoms with Crippen LogP contribution in [0.2, 0.25) is 0 Å². The summed E-state index contributed by atoms with van der Waals surface area (Å²) >= 11 is 4.24. The minimum atomic E-state index is 0.966. The van der Waals surface area contributed by atoms with Gasteiger partial charge in [0, 0.05) is 12.3 Å². The molecule has 84 valence electrons. The van der Waals surface area contributed by atoms with Crippen molar-refractivity contribution in [3.05, 3.63) is 0 Å². The topological polar surface area (TPSA) is 6.48 Å². The maximum atomic E-state index is 4.24. The van der Waals surface area contributed by atoms with Crippen molar-refractivity contribution < 1.29 is 0 Å². The van der Waals surface area contributed by atoms with Crippen LogP contribution in [0.25, 0.3) is 0 Å². The van der Waals surface area contributed by atoms with Crippen molar-refractivity contribution in [1.82, 2.24) is 9.80 Å². The third kappa shape index (κ3) is 4.67. The summed E-state index contributed by atoms with van der Waals surface area (Å²) in [6.45, 7) is 4.95. The van der Waals surface area contributed by atoms with E-state index >= 15 is 0 Å². The zero-order valence-electron chi connectivity index (χ0n) is 9.58. The molecule has 1 saturated heterocycles. The molecule has 0 saturated carbocycles. The molecule has 0 atom stereocenters. The van der Waals surface area contributed by atoms with E-state index in [1.165, 1.54) is 38.9 Å². The largest absolute Gasteiger partial charge is 0.306 e. The Balaban J connectivity index is 2.06. The predicted octanol–water partition coefficient (Wildman–Crippen LogP) is 1.58. The lowest BCUT2D eigenvalue weighted by atomic mass is 9.94. The van der Waals surface area contributed by atoms with Crippen LogP contribution in [0.3, 0.4) is 0 Å². The normalized spacial score (nSPS) is 20.6. The number of piperidine rings is 1. The lowest BCUT2D eigenvalue weighted by Gasteiger charge is -2.30. The average molecular weight is 216 g/mol. The highest BCUT2D eigenvalue weighted by atomic mass is 32.1. The van der Waals surface area contributed by atoms with Gasteiger partial charge in [-0.2, -0.15) is 12.6 Å². The highest BCUT2D eigenvalue weighted by Gasteiger charge is 2.16. The molecule has 1 heterocycles. The Kier molecular flexibility index (Phi) is 5.90. The number of likely N-dealkylation sites (tertiary alicyclic amines) is 1. The molecule has 0 radical (unpaired) electrons. The summed E-state index contributed by atoms with van der Waals surface area (Å²) in [5, 5.41) is 0. The molecule has 0 aromatic carbocycles. The van der Waals surface area contributed by atoms with Crippen LogP contribution in [0.15, 0.2) is 0 Å². The van der Waals surface area contributed by atoms with Crippen molar-refractivity contribution in [2.24, 2.45) is 5.92 Å². The van der Waals surface area contributed by atoms with Crippen LogP contribution in [0.4, 0.5) is 0 Å². The van der Waals surface area contributed by atoms with E-state index in [1.807, 2.05) is 0 Å². The number of thiol groups is 1. The van der Waals surface area contributed by atoms with E-state index in [1.54, 1.807) is 0 Å². The van der Waals surface area contributed by atoms with Crippen molar-refractivity contribution in [2.45, 2.75) is 19.3 Å². The molecule has 0 aliphatic carbocycles. The van der Waals surface area contributed by atoms with Crippen LogP contribution in [0.5, 0.6) is 0 Å². The van der Waals surface area contributed by atoms with Crippen LogP contribution in [0.1, 0.15) is 19.3 Å². The number of hydrogen-bond donors (Lipinski definition) is 1. The maximum absolute atomic E-state index is 4.24. The summed E-state index contributed by atoms with van der Waals surface area (Å²) < 4.78 is 0. The molecule has 0 spiro atoms. The first-order valence-electron chi connectivity index (χ1n) is 5.70. The monoisotopic (exact) mass is 216 g/mol. The molecule has 0 amide bonds. The third-order valence-corrected chi connectivity index (χ3v) is 3.44. The van der Waals surface area contributed by atoms with Crippen LogP contribution in [-0.4, -0.2) is 55.8 Å². The predicted molar refractivity (Wildman–Crippen MR) is 66.2 cm³/mol. The molecule has 3 heteroatoms. The molecule has 1 aliphatic rings. The van der Waals surface area contributed by atoms with E-state index < -0.39 is 0 Å². The van der Waals surface area contributed by atoms with Gasteiger partial charge in [0.15, 0.2) is 0 Å². The van der Waals surface area contributed by atoms with Crippen molar-refractivity contribution in [1.29, 1.82) is 0 Å². The van der Waals surface area contributed by atoms with Crippen LogP contribution in [0, 0.1) is 5.92 Å². The average Bonchev–Trinajstić information content (AvgIpc) is 2.17. The summed E-state index contributed by atoms with van der Waals surface area (Å²) in [6.07, 6.45) is 4.16. The van der Waals surface area contributed by atoms with Crippen molar-refractivity contribution in [2.75, 3.05) is 46.0 Å². The molecular weight excluding hydrogens is 192 g/mol. The van der Waals surface area contributed by atoms with Crippen LogP contribution >= 0.6 is 12.6 Å². The first kappa shape index (κ1) is 12.3. The molecule has 2 nitrogen and oxygen atoms in total. The lowest BCUT2D eigenvalue weighted by molar-refractivity contribution is 0.197. The number of hydrogen-bond acceptors (Lipinski definition) is 3. The van der Waals surface area contributed by atoms with Gasteiger partial charge in [-0.1, -0.05) is 0 Å². The Bertz CT molecular complexity index is 144. The molecule has 1 aliphatic heterocycles. The highest BCUT2D eigenvalue weighted by Crippen LogP contribution is 2.19. The molecular formula is C11H24N2S. The quantitative estimate of drug-likeness (QED) is 0.697. The second-order valence-electron chi connectivity index (χ2n) is 4.56. The van der Waals surface area contributed by atoms with Gasteiger partial charge < -0.3 is 9.80 Å². The van der Waals surface area contributed by atoms with Gasteiger partial charge in [-0.15, -0.1) is 0 Å². The van der Waals surface area contributed by atoms with E-state index in [-0.39, 0.29) is 0 Å². The van der Waals surface area contributed by atoms with E-state index in [2.05, 4.69) is 36.5 Å². The Morgan fingerprint density at radius 1 is 1.29 bits per heavy atom. The first-order chi connectivity index (χ1) is 6.72. The van der Waals surface area contributed by atoms with Crippen molar-refractivity contribution in [3.63, 3.8) is 0 Å². The van der Waals surface area contributed by atoms with Gasteiger partial charge in [0.2, 0.25) is 0 Å². The van der Waals surface area contributed by atoms with Gasteiger partial charge in [-0.3, -0.25) is 0 Å². The maximum Gasteiger partial charge on any atom is 0.00668 e. The fourth-order valence-corrected chi connectivity index (χ4v) is 2.38. The molecule has 0 unspecified atom stereocenters. The van der Waals surface area contributed by atoms with Crippen molar-refractivity contribution >= 4 is 12.6 Å². The van der Waals surface area contributed by atoms with E-state index in [0.29, 0.717) is 0 Å². The molecule has 0 aromatic rings. The SMILES string of the molecule is CN(CCS)CCC1CCN(C)CC1. The standard InChI is InChI=1S/C11H24N2S/c1-12-6-3-11(4-7-12)5-8-13(2)9-10-14/h11,14H,3-10H2,1-2H3. The third-order valence-electron chi connectivity index (χ3n) is 3.24. The smallest absolute Gasteiger partial charge is 0.00668 e. The van der Waals surface area contributed by atoms with Gasteiger partial charge in [0.05, 0.1) is 0 Å². The van der Waals surface area contributed by atoms with Gasteiger partial charge in [-0.05, 0) is 58.9 Å². The van der Waals surface area contributed by atoms with E-state index in [9.17, 15) is 0 Å². The molecule has 14 heavy (non-hydrogen) atoms. The van der Waals surface area contributed by atoms with Gasteiger partial charge in [0.1, 0.15) is 0 Å². The fraction of sp³-hybridized carbons (Fsp3) is 1.00. The molecule has 1 rings (SSSR count).